The number of nitrogens with zero attached hydrogens (tertiary/aromatic N) is 1. The Morgan fingerprint density at radius 2 is 1.16 bits per heavy atom. The number of phenols is 2. The predicted octanol–water partition coefficient (Wildman–Crippen LogP) is -1.72. The van der Waals surface area contributed by atoms with Gasteiger partial charge in [-0.1, -0.05) is 24.3 Å². The number of aliphatic imine (C=N–C) groups is 1. The van der Waals surface area contributed by atoms with Gasteiger partial charge in [0.05, 0.1) is 12.5 Å². The smallest absolute Gasteiger partial charge is 0.326 e. The zero-order valence-corrected chi connectivity index (χ0v) is 23.7. The van der Waals surface area contributed by atoms with Gasteiger partial charge in [-0.2, -0.15) is 0 Å². The van der Waals surface area contributed by atoms with Gasteiger partial charge in [-0.3, -0.25) is 24.2 Å². The van der Waals surface area contributed by atoms with E-state index in [9.17, 15) is 44.4 Å². The summed E-state index contributed by atoms with van der Waals surface area (Å²) in [6, 6.07) is 5.69. The largest absolute Gasteiger partial charge is 0.508 e. The van der Waals surface area contributed by atoms with Crippen molar-refractivity contribution < 1.29 is 44.4 Å². The number of nitrogens with one attached hydrogen (secondary N) is 3. The zero-order chi connectivity index (χ0) is 32.8. The van der Waals surface area contributed by atoms with E-state index in [4.69, 9.17) is 17.2 Å². The third kappa shape index (κ3) is 12.2. The van der Waals surface area contributed by atoms with Crippen LogP contribution in [0, 0.1) is 0 Å². The number of aliphatic carboxylic acids is 2. The average molecular weight is 616 g/mol. The Bertz CT molecular complexity index is 1330. The molecule has 2 aromatic rings. The van der Waals surface area contributed by atoms with Crippen LogP contribution in [0.5, 0.6) is 11.5 Å². The SMILES string of the molecule is NC(N)=NCCCC(N)C(=O)NC(Cc1ccc(O)cc1)C(=O)NC(CC(=O)O)C(=O)NC(Cc1ccc(O)cc1)C(=O)O. The molecule has 16 heteroatoms. The summed E-state index contributed by atoms with van der Waals surface area (Å²) in [6.07, 6.45) is -0.698. The van der Waals surface area contributed by atoms with E-state index in [2.05, 4.69) is 20.9 Å². The molecule has 0 aliphatic carbocycles. The van der Waals surface area contributed by atoms with Crippen molar-refractivity contribution in [2.45, 2.75) is 56.3 Å². The summed E-state index contributed by atoms with van der Waals surface area (Å²) in [5.41, 5.74) is 17.5. The summed E-state index contributed by atoms with van der Waals surface area (Å²) < 4.78 is 0. The van der Waals surface area contributed by atoms with Crippen molar-refractivity contribution in [3.05, 3.63) is 59.7 Å². The third-order valence-corrected chi connectivity index (χ3v) is 6.32. The van der Waals surface area contributed by atoms with Crippen LogP contribution in [0.25, 0.3) is 0 Å². The van der Waals surface area contributed by atoms with E-state index in [1.165, 1.54) is 48.5 Å². The number of carboxylic acid groups (broad SMARTS) is 2. The Morgan fingerprint density at radius 3 is 1.64 bits per heavy atom. The number of guanidine groups is 1. The Labute approximate surface area is 252 Å². The molecule has 0 fully saturated rings. The fourth-order valence-corrected chi connectivity index (χ4v) is 4.00. The lowest BCUT2D eigenvalue weighted by Gasteiger charge is -2.25. The molecule has 0 spiro atoms. The highest BCUT2D eigenvalue weighted by Gasteiger charge is 2.32. The second kappa shape index (κ2) is 16.9. The summed E-state index contributed by atoms with van der Waals surface area (Å²) in [5.74, 6) is -5.83. The van der Waals surface area contributed by atoms with Crippen molar-refractivity contribution in [2.24, 2.45) is 22.2 Å². The van der Waals surface area contributed by atoms with Gasteiger partial charge in [0.2, 0.25) is 17.7 Å². The monoisotopic (exact) mass is 615 g/mol. The average Bonchev–Trinajstić information content (AvgIpc) is 2.95. The number of carbonyl (C=O) groups excluding carboxylic acids is 3. The number of carbonyl (C=O) groups is 5. The number of aromatic hydroxyl groups is 2. The Hall–Kier alpha value is -5.38. The molecule has 0 aliphatic heterocycles. The minimum Gasteiger partial charge on any atom is -0.508 e. The molecule has 0 radical (unpaired) electrons. The van der Waals surface area contributed by atoms with Crippen LogP contribution in [0.15, 0.2) is 53.5 Å². The normalized spacial score (nSPS) is 13.4. The summed E-state index contributed by atoms with van der Waals surface area (Å²) in [5, 5.41) is 45.1. The van der Waals surface area contributed by atoms with Gasteiger partial charge in [-0.05, 0) is 48.2 Å². The van der Waals surface area contributed by atoms with Crippen LogP contribution in [0.3, 0.4) is 0 Å². The van der Waals surface area contributed by atoms with Crippen LogP contribution in [0.1, 0.15) is 30.4 Å². The molecule has 44 heavy (non-hydrogen) atoms. The topological polar surface area (TPSA) is 293 Å². The first-order valence-electron chi connectivity index (χ1n) is 13.5. The first-order chi connectivity index (χ1) is 20.7. The molecular weight excluding hydrogens is 578 g/mol. The van der Waals surface area contributed by atoms with Crippen molar-refractivity contribution in [3.63, 3.8) is 0 Å². The standard InChI is InChI=1S/C28H37N7O9/c29-19(2-1-11-32-28(30)31)24(40)33-20(12-15-3-7-17(36)8-4-15)25(41)34-21(14-23(38)39)26(42)35-22(27(43)44)13-16-5-9-18(37)10-6-16/h3-10,19-22,36-37H,1-2,11-14,29H2,(H,33,40)(H,34,41)(H,35,42)(H,38,39)(H,43,44)(H4,30,31,32). The molecule has 0 aliphatic rings. The molecule has 2 aromatic carbocycles. The lowest BCUT2D eigenvalue weighted by atomic mass is 10.0. The number of hydrogen-bond donors (Lipinski definition) is 10. The fourth-order valence-electron chi connectivity index (χ4n) is 4.00. The van der Waals surface area contributed by atoms with E-state index in [1.54, 1.807) is 0 Å². The molecule has 0 saturated carbocycles. The second-order valence-electron chi connectivity index (χ2n) is 9.92. The van der Waals surface area contributed by atoms with Crippen LogP contribution >= 0.6 is 0 Å². The molecule has 16 nitrogen and oxygen atoms in total. The van der Waals surface area contributed by atoms with Gasteiger partial charge in [0.1, 0.15) is 29.6 Å². The van der Waals surface area contributed by atoms with Gasteiger partial charge in [-0.25, -0.2) is 4.79 Å². The lowest BCUT2D eigenvalue weighted by Crippen LogP contribution is -2.58. The Kier molecular flexibility index (Phi) is 13.4. The van der Waals surface area contributed by atoms with Crippen LogP contribution in [0.2, 0.25) is 0 Å². The number of nitrogens with two attached hydrogens (primary N) is 3. The first kappa shape index (κ1) is 34.8. The first-order valence-corrected chi connectivity index (χ1v) is 13.5. The van der Waals surface area contributed by atoms with E-state index < -0.39 is 60.2 Å². The summed E-state index contributed by atoms with van der Waals surface area (Å²) in [7, 11) is 0. The fraction of sp³-hybridized carbons (Fsp3) is 0.357. The molecule has 13 N–H and O–H groups in total. The van der Waals surface area contributed by atoms with Crippen LogP contribution in [0.4, 0.5) is 0 Å². The van der Waals surface area contributed by atoms with Crippen molar-refractivity contribution in [1.29, 1.82) is 0 Å². The zero-order valence-electron chi connectivity index (χ0n) is 23.7. The molecule has 0 saturated heterocycles. The van der Waals surface area contributed by atoms with E-state index in [-0.39, 0.29) is 43.3 Å². The minimum atomic E-state index is -1.71. The van der Waals surface area contributed by atoms with Gasteiger partial charge in [0.15, 0.2) is 5.96 Å². The predicted molar refractivity (Wildman–Crippen MR) is 157 cm³/mol. The van der Waals surface area contributed by atoms with Gasteiger partial charge in [0.25, 0.3) is 0 Å². The number of hydrogen-bond acceptors (Lipinski definition) is 9. The second-order valence-corrected chi connectivity index (χ2v) is 9.92. The number of benzene rings is 2. The third-order valence-electron chi connectivity index (χ3n) is 6.32. The van der Waals surface area contributed by atoms with Crippen molar-refractivity contribution >= 4 is 35.6 Å². The van der Waals surface area contributed by atoms with Crippen molar-refractivity contribution in [3.8, 4) is 11.5 Å². The maximum absolute atomic E-state index is 13.4. The highest BCUT2D eigenvalue weighted by atomic mass is 16.4. The quantitative estimate of drug-likeness (QED) is 0.0540. The molecule has 4 unspecified atom stereocenters. The van der Waals surface area contributed by atoms with Gasteiger partial charge >= 0.3 is 11.9 Å². The van der Waals surface area contributed by atoms with Crippen molar-refractivity contribution in [1.82, 2.24) is 16.0 Å². The molecule has 238 valence electrons. The van der Waals surface area contributed by atoms with E-state index in [1.807, 2.05) is 0 Å². The van der Waals surface area contributed by atoms with Gasteiger partial charge < -0.3 is 53.6 Å². The maximum atomic E-state index is 13.4. The number of rotatable bonds is 17. The lowest BCUT2D eigenvalue weighted by molar-refractivity contribution is -0.143. The van der Waals surface area contributed by atoms with Gasteiger partial charge in [-0.15, -0.1) is 0 Å². The molecule has 0 aromatic heterocycles. The molecule has 3 amide bonds. The van der Waals surface area contributed by atoms with Crippen LogP contribution in [-0.2, 0) is 36.8 Å². The van der Waals surface area contributed by atoms with Crippen molar-refractivity contribution in [2.75, 3.05) is 6.54 Å². The molecule has 4 atom stereocenters. The highest BCUT2D eigenvalue weighted by Crippen LogP contribution is 2.13. The summed E-state index contributed by atoms with van der Waals surface area (Å²) in [4.78, 5) is 66.5. The van der Waals surface area contributed by atoms with Crippen LogP contribution < -0.4 is 33.2 Å². The van der Waals surface area contributed by atoms with E-state index in [0.29, 0.717) is 17.5 Å². The van der Waals surface area contributed by atoms with Gasteiger partial charge in [0, 0.05) is 19.4 Å². The molecular formula is C28H37N7O9. The summed E-state index contributed by atoms with van der Waals surface area (Å²) in [6.45, 7) is 0.219. The molecule has 0 bridgehead atoms. The number of carboxylic acids is 2. The van der Waals surface area contributed by atoms with E-state index in [0.717, 1.165) is 0 Å². The maximum Gasteiger partial charge on any atom is 0.326 e. The highest BCUT2D eigenvalue weighted by molar-refractivity contribution is 5.95. The Balaban J connectivity index is 2.21. The molecule has 0 heterocycles. The summed E-state index contributed by atoms with van der Waals surface area (Å²) >= 11 is 0. The number of phenolic OH excluding ortho intramolecular Hbond substituents is 2. The Morgan fingerprint density at radius 1 is 0.705 bits per heavy atom. The van der Waals surface area contributed by atoms with E-state index >= 15 is 0 Å². The van der Waals surface area contributed by atoms with Crippen LogP contribution in [-0.4, -0.2) is 86.8 Å². The number of amides is 3. The minimum absolute atomic E-state index is 0.0416. The molecule has 2 rings (SSSR count).